The molecule has 0 aromatic heterocycles. The van der Waals surface area contributed by atoms with E-state index in [1.165, 1.54) is 50.5 Å². The third-order valence-electron chi connectivity index (χ3n) is 11.8. The van der Waals surface area contributed by atoms with Crippen molar-refractivity contribution >= 4 is 0 Å². The Morgan fingerprint density at radius 1 is 0.968 bits per heavy atom. The normalized spacial score (nSPS) is 53.1. The van der Waals surface area contributed by atoms with Gasteiger partial charge in [0.2, 0.25) is 0 Å². The zero-order valence-corrected chi connectivity index (χ0v) is 20.8. The van der Waals surface area contributed by atoms with Crippen LogP contribution >= 0.6 is 0 Å². The van der Waals surface area contributed by atoms with Gasteiger partial charge in [0.15, 0.2) is 0 Å². The van der Waals surface area contributed by atoms with Crippen LogP contribution in [0.1, 0.15) is 98.8 Å². The monoisotopic (exact) mass is 428 g/mol. The Bertz CT molecular complexity index is 714. The van der Waals surface area contributed by atoms with Crippen molar-refractivity contribution in [3.63, 3.8) is 0 Å². The molecule has 0 saturated heterocycles. The van der Waals surface area contributed by atoms with Crippen LogP contribution in [0.5, 0.6) is 0 Å². The van der Waals surface area contributed by atoms with E-state index < -0.39 is 0 Å². The van der Waals surface area contributed by atoms with E-state index >= 15 is 0 Å². The Balaban J connectivity index is 1.31. The molecule has 0 radical (unpaired) electrons. The summed E-state index contributed by atoms with van der Waals surface area (Å²) in [5, 5.41) is 21.6. The van der Waals surface area contributed by atoms with Crippen molar-refractivity contribution in [2.45, 2.75) is 111 Å². The first-order valence-corrected chi connectivity index (χ1v) is 13.7. The number of aliphatic hydroxyl groups excluding tert-OH is 2. The quantitative estimate of drug-likeness (QED) is 0.484. The van der Waals surface area contributed by atoms with Crippen LogP contribution in [0.25, 0.3) is 0 Å². The molecular weight excluding hydrogens is 380 g/mol. The van der Waals surface area contributed by atoms with Crippen LogP contribution in [0.15, 0.2) is 11.6 Å². The maximum Gasteiger partial charge on any atom is 0.0757 e. The molecule has 176 valence electrons. The van der Waals surface area contributed by atoms with E-state index in [0.717, 1.165) is 48.9 Å². The number of aliphatic hydroxyl groups is 2. The molecule has 0 aromatic carbocycles. The molecule has 31 heavy (non-hydrogen) atoms. The summed E-state index contributed by atoms with van der Waals surface area (Å²) in [6.45, 7) is 12.5. The Kier molecular flexibility index (Phi) is 5.70. The maximum atomic E-state index is 11.3. The number of hydrogen-bond donors (Lipinski definition) is 2. The summed E-state index contributed by atoms with van der Waals surface area (Å²) in [6, 6.07) is 0. The lowest BCUT2D eigenvalue weighted by molar-refractivity contribution is -0.0971. The standard InChI is InChI=1S/C29H48O2/c1-17(22-14-19(22)3)6-7-18(2)23-8-9-24-27-25(11-13-29(23,24)5)28(4)12-10-21(30)15-20(28)16-26(27)31/h16-19,21-27,30-31H,6-15H2,1-5H3/t17?,18-,19-,21+,22+,23-,24+,25+,26-,27+,28+,29-/m1/s1. The van der Waals surface area contributed by atoms with E-state index in [1.807, 2.05) is 0 Å². The molecule has 5 aliphatic carbocycles. The van der Waals surface area contributed by atoms with Crippen LogP contribution < -0.4 is 0 Å². The van der Waals surface area contributed by atoms with Gasteiger partial charge in [0.1, 0.15) is 0 Å². The predicted octanol–water partition coefficient (Wildman–Crippen LogP) is 6.61. The van der Waals surface area contributed by atoms with Gasteiger partial charge in [0.25, 0.3) is 0 Å². The second-order valence-corrected chi connectivity index (χ2v) is 13.4. The third kappa shape index (κ3) is 3.58. The Morgan fingerprint density at radius 3 is 2.39 bits per heavy atom. The van der Waals surface area contributed by atoms with Crippen molar-refractivity contribution in [3.8, 4) is 0 Å². The Hall–Kier alpha value is -0.340. The highest BCUT2D eigenvalue weighted by Gasteiger charge is 2.61. The van der Waals surface area contributed by atoms with Crippen molar-refractivity contribution in [2.75, 3.05) is 0 Å². The summed E-state index contributed by atoms with van der Waals surface area (Å²) in [7, 11) is 0. The zero-order valence-electron chi connectivity index (χ0n) is 20.8. The van der Waals surface area contributed by atoms with Crippen LogP contribution in [0, 0.1) is 58.2 Å². The second-order valence-electron chi connectivity index (χ2n) is 13.4. The lowest BCUT2D eigenvalue weighted by atomic mass is 9.46. The van der Waals surface area contributed by atoms with Gasteiger partial charge in [-0.3, -0.25) is 0 Å². The van der Waals surface area contributed by atoms with Crippen LogP contribution in [0.4, 0.5) is 0 Å². The highest BCUT2D eigenvalue weighted by molar-refractivity contribution is 5.27. The molecule has 0 spiro atoms. The summed E-state index contributed by atoms with van der Waals surface area (Å²) in [5.74, 6) is 6.25. The molecule has 0 aromatic rings. The first-order valence-electron chi connectivity index (χ1n) is 13.7. The Labute approximate surface area is 191 Å². The van der Waals surface area contributed by atoms with E-state index in [-0.39, 0.29) is 17.6 Å². The lowest BCUT2D eigenvalue weighted by Crippen LogP contribution is -2.54. The minimum atomic E-state index is -0.298. The predicted molar refractivity (Wildman–Crippen MR) is 127 cm³/mol. The van der Waals surface area contributed by atoms with Gasteiger partial charge in [0, 0.05) is 0 Å². The molecule has 5 rings (SSSR count). The first kappa shape index (κ1) is 22.5. The van der Waals surface area contributed by atoms with Gasteiger partial charge >= 0.3 is 0 Å². The molecule has 0 amide bonds. The first-order chi connectivity index (χ1) is 14.6. The fourth-order valence-electron chi connectivity index (χ4n) is 9.69. The summed E-state index contributed by atoms with van der Waals surface area (Å²) >= 11 is 0. The summed E-state index contributed by atoms with van der Waals surface area (Å²) in [6.07, 6.45) is 14.1. The van der Waals surface area contributed by atoms with E-state index in [9.17, 15) is 10.2 Å². The molecule has 12 atom stereocenters. The van der Waals surface area contributed by atoms with Gasteiger partial charge in [-0.05, 0) is 110 Å². The maximum absolute atomic E-state index is 11.3. The molecule has 4 saturated carbocycles. The van der Waals surface area contributed by atoms with Crippen LogP contribution in [-0.2, 0) is 0 Å². The zero-order chi connectivity index (χ0) is 22.1. The van der Waals surface area contributed by atoms with Crippen molar-refractivity contribution in [1.29, 1.82) is 0 Å². The van der Waals surface area contributed by atoms with Crippen molar-refractivity contribution < 1.29 is 10.2 Å². The number of hydrogen-bond acceptors (Lipinski definition) is 2. The average Bonchev–Trinajstić information content (AvgIpc) is 3.35. The largest absolute Gasteiger partial charge is 0.393 e. The summed E-state index contributed by atoms with van der Waals surface area (Å²) < 4.78 is 0. The Morgan fingerprint density at radius 2 is 1.68 bits per heavy atom. The topological polar surface area (TPSA) is 40.5 Å². The molecular formula is C29H48O2. The van der Waals surface area contributed by atoms with Gasteiger partial charge in [-0.1, -0.05) is 59.1 Å². The van der Waals surface area contributed by atoms with E-state index in [1.54, 1.807) is 0 Å². The smallest absolute Gasteiger partial charge is 0.0757 e. The molecule has 5 aliphatic rings. The van der Waals surface area contributed by atoms with E-state index in [0.29, 0.717) is 23.2 Å². The number of fused-ring (bicyclic) bond motifs is 5. The van der Waals surface area contributed by atoms with Crippen LogP contribution in [0.2, 0.25) is 0 Å². The molecule has 2 nitrogen and oxygen atoms in total. The van der Waals surface area contributed by atoms with Crippen molar-refractivity contribution in [2.24, 2.45) is 58.2 Å². The molecule has 2 N–H and O–H groups in total. The van der Waals surface area contributed by atoms with Gasteiger partial charge in [-0.15, -0.1) is 0 Å². The summed E-state index contributed by atoms with van der Waals surface area (Å²) in [4.78, 5) is 0. The highest BCUT2D eigenvalue weighted by Crippen LogP contribution is 2.67. The minimum absolute atomic E-state index is 0.199. The molecule has 2 heteroatoms. The van der Waals surface area contributed by atoms with Gasteiger partial charge in [-0.25, -0.2) is 0 Å². The average molecular weight is 429 g/mol. The molecule has 4 fully saturated rings. The number of rotatable bonds is 5. The minimum Gasteiger partial charge on any atom is -0.393 e. The lowest BCUT2D eigenvalue weighted by Gasteiger charge is -2.59. The van der Waals surface area contributed by atoms with Crippen LogP contribution in [-0.4, -0.2) is 22.4 Å². The van der Waals surface area contributed by atoms with Crippen molar-refractivity contribution in [3.05, 3.63) is 11.6 Å². The third-order valence-corrected chi connectivity index (χ3v) is 11.8. The summed E-state index contributed by atoms with van der Waals surface area (Å²) in [5.41, 5.74) is 1.99. The van der Waals surface area contributed by atoms with E-state index in [4.69, 9.17) is 0 Å². The molecule has 0 heterocycles. The van der Waals surface area contributed by atoms with Crippen molar-refractivity contribution in [1.82, 2.24) is 0 Å². The fraction of sp³-hybridized carbons (Fsp3) is 0.931. The van der Waals surface area contributed by atoms with E-state index in [2.05, 4.69) is 40.7 Å². The highest BCUT2D eigenvalue weighted by atomic mass is 16.3. The van der Waals surface area contributed by atoms with Gasteiger partial charge in [0.05, 0.1) is 12.2 Å². The molecule has 0 aliphatic heterocycles. The second kappa shape index (κ2) is 7.86. The van der Waals surface area contributed by atoms with Gasteiger partial charge < -0.3 is 10.2 Å². The SMILES string of the molecule is CC(CC[C@@H](C)[C@H]1CC[C@H]2[C@@H]3[C@H](O)C=C4C[C@@H](O)CC[C@]4(C)[C@H]3CC[C@]12C)[C@@H]1C[C@H]1C. The molecule has 0 bridgehead atoms. The fourth-order valence-corrected chi connectivity index (χ4v) is 9.69. The van der Waals surface area contributed by atoms with Gasteiger partial charge in [-0.2, -0.15) is 0 Å². The molecule has 1 unspecified atom stereocenters. The van der Waals surface area contributed by atoms with Crippen LogP contribution in [0.3, 0.4) is 0 Å².